The lowest BCUT2D eigenvalue weighted by molar-refractivity contribution is -0.156. The van der Waals surface area contributed by atoms with E-state index in [-0.39, 0.29) is 6.54 Å². The Kier molecular flexibility index (Phi) is 3.25. The molecule has 1 aliphatic heterocycles. The number of rotatable bonds is 3. The van der Waals surface area contributed by atoms with Crippen LogP contribution in [0.1, 0.15) is 12.8 Å². The normalized spacial score (nSPS) is 16.0. The predicted molar refractivity (Wildman–Crippen MR) is 76.1 cm³/mol. The van der Waals surface area contributed by atoms with E-state index in [9.17, 15) is 9.59 Å². The highest BCUT2D eigenvalue weighted by Gasteiger charge is 2.32. The summed E-state index contributed by atoms with van der Waals surface area (Å²) in [6, 6.07) is 5.19. The van der Waals surface area contributed by atoms with Crippen molar-refractivity contribution in [1.29, 1.82) is 0 Å². The standard InChI is InChI=1S/C14H16N4O3/c1-2-17-5-6-18(14(20)13(17)19)8-12-16-10-4-3-9(15)7-11(10)21-12/h3-4,7H,2,5-6,8,15H2,1H3. The van der Waals surface area contributed by atoms with Crippen LogP contribution in [0, 0.1) is 0 Å². The molecule has 2 heterocycles. The van der Waals surface area contributed by atoms with Crippen molar-refractivity contribution in [2.45, 2.75) is 13.5 Å². The summed E-state index contributed by atoms with van der Waals surface area (Å²) in [5.74, 6) is -0.573. The van der Waals surface area contributed by atoms with E-state index in [1.54, 1.807) is 18.2 Å². The summed E-state index contributed by atoms with van der Waals surface area (Å²) in [6.07, 6.45) is 0. The molecule has 0 bridgehead atoms. The number of nitrogen functional groups attached to an aromatic ring is 1. The van der Waals surface area contributed by atoms with Crippen molar-refractivity contribution < 1.29 is 14.0 Å². The summed E-state index contributed by atoms with van der Waals surface area (Å²) in [4.78, 5) is 31.2. The maximum Gasteiger partial charge on any atom is 0.312 e. The topological polar surface area (TPSA) is 92.7 Å². The fourth-order valence-corrected chi connectivity index (χ4v) is 2.39. The maximum atomic E-state index is 12.0. The lowest BCUT2D eigenvalue weighted by Gasteiger charge is -2.32. The molecule has 1 saturated heterocycles. The van der Waals surface area contributed by atoms with Gasteiger partial charge < -0.3 is 20.0 Å². The highest BCUT2D eigenvalue weighted by molar-refractivity contribution is 6.35. The Labute approximate surface area is 121 Å². The molecular formula is C14H16N4O3. The molecule has 0 saturated carbocycles. The minimum absolute atomic E-state index is 0.191. The first-order valence-electron chi connectivity index (χ1n) is 6.81. The van der Waals surface area contributed by atoms with E-state index in [2.05, 4.69) is 4.98 Å². The highest BCUT2D eigenvalue weighted by atomic mass is 16.3. The number of benzene rings is 1. The minimum atomic E-state index is -0.509. The SMILES string of the molecule is CCN1CCN(Cc2nc3ccc(N)cc3o2)C(=O)C1=O. The van der Waals surface area contributed by atoms with Crippen LogP contribution in [0.2, 0.25) is 0 Å². The van der Waals surface area contributed by atoms with E-state index >= 15 is 0 Å². The highest BCUT2D eigenvalue weighted by Crippen LogP contribution is 2.20. The molecule has 7 nitrogen and oxygen atoms in total. The van der Waals surface area contributed by atoms with Crippen molar-refractivity contribution in [2.75, 3.05) is 25.4 Å². The smallest absolute Gasteiger partial charge is 0.312 e. The van der Waals surface area contributed by atoms with Crippen LogP contribution in [-0.4, -0.2) is 46.2 Å². The van der Waals surface area contributed by atoms with Crippen molar-refractivity contribution in [3.05, 3.63) is 24.1 Å². The summed E-state index contributed by atoms with van der Waals surface area (Å²) in [7, 11) is 0. The van der Waals surface area contributed by atoms with Crippen molar-refractivity contribution >= 4 is 28.6 Å². The van der Waals surface area contributed by atoms with Crippen LogP contribution in [0.4, 0.5) is 5.69 Å². The third-order valence-corrected chi connectivity index (χ3v) is 3.56. The second-order valence-corrected chi connectivity index (χ2v) is 4.95. The predicted octanol–water partition coefficient (Wildman–Crippen LogP) is 0.601. The molecule has 1 aliphatic rings. The second kappa shape index (κ2) is 5.08. The Morgan fingerprint density at radius 1 is 1.24 bits per heavy atom. The van der Waals surface area contributed by atoms with Gasteiger partial charge in [0.15, 0.2) is 5.58 Å². The largest absolute Gasteiger partial charge is 0.439 e. The van der Waals surface area contributed by atoms with Crippen LogP contribution in [0.3, 0.4) is 0 Å². The van der Waals surface area contributed by atoms with Gasteiger partial charge in [-0.3, -0.25) is 9.59 Å². The molecule has 2 amide bonds. The molecule has 7 heteroatoms. The first kappa shape index (κ1) is 13.4. The molecule has 0 aliphatic carbocycles. The molecule has 1 aromatic carbocycles. The second-order valence-electron chi connectivity index (χ2n) is 4.95. The number of nitrogens with zero attached hydrogens (tertiary/aromatic N) is 3. The van der Waals surface area contributed by atoms with Gasteiger partial charge in [-0.1, -0.05) is 0 Å². The number of likely N-dealkylation sites (N-methyl/N-ethyl adjacent to an activating group) is 1. The Bertz CT molecular complexity index is 709. The summed E-state index contributed by atoms with van der Waals surface area (Å²) in [6.45, 7) is 3.61. The van der Waals surface area contributed by atoms with E-state index in [4.69, 9.17) is 10.2 Å². The molecule has 0 spiro atoms. The van der Waals surface area contributed by atoms with E-state index < -0.39 is 11.8 Å². The number of hydrogen-bond acceptors (Lipinski definition) is 5. The first-order valence-corrected chi connectivity index (χ1v) is 6.81. The Morgan fingerprint density at radius 3 is 2.71 bits per heavy atom. The van der Waals surface area contributed by atoms with Crippen LogP contribution < -0.4 is 5.73 Å². The number of anilines is 1. The third kappa shape index (κ3) is 2.42. The Hall–Kier alpha value is -2.57. The van der Waals surface area contributed by atoms with Gasteiger partial charge in [0, 0.05) is 31.4 Å². The van der Waals surface area contributed by atoms with Crippen molar-refractivity contribution in [3.8, 4) is 0 Å². The Balaban J connectivity index is 1.79. The molecule has 1 aromatic heterocycles. The van der Waals surface area contributed by atoms with Crippen molar-refractivity contribution in [2.24, 2.45) is 0 Å². The zero-order chi connectivity index (χ0) is 15.0. The fourth-order valence-electron chi connectivity index (χ4n) is 2.39. The van der Waals surface area contributed by atoms with Gasteiger partial charge in [0.1, 0.15) is 5.52 Å². The number of carbonyl (C=O) groups excluding carboxylic acids is 2. The van der Waals surface area contributed by atoms with Gasteiger partial charge in [-0.25, -0.2) is 4.98 Å². The molecule has 0 unspecified atom stereocenters. The lowest BCUT2D eigenvalue weighted by atomic mass is 10.3. The van der Waals surface area contributed by atoms with Gasteiger partial charge in [-0.2, -0.15) is 0 Å². The van der Waals surface area contributed by atoms with Crippen LogP contribution >= 0.6 is 0 Å². The molecular weight excluding hydrogens is 272 g/mol. The molecule has 0 atom stereocenters. The maximum absolute atomic E-state index is 12.0. The van der Waals surface area contributed by atoms with Crippen molar-refractivity contribution in [3.63, 3.8) is 0 Å². The number of hydrogen-bond donors (Lipinski definition) is 1. The van der Waals surface area contributed by atoms with Crippen LogP contribution in [0.15, 0.2) is 22.6 Å². The number of carbonyl (C=O) groups is 2. The number of nitrogens with two attached hydrogens (primary N) is 1. The van der Waals surface area contributed by atoms with Gasteiger partial charge in [0.2, 0.25) is 5.89 Å². The van der Waals surface area contributed by atoms with Crippen LogP contribution in [0.5, 0.6) is 0 Å². The van der Waals surface area contributed by atoms with E-state index in [1.807, 2.05) is 6.92 Å². The zero-order valence-electron chi connectivity index (χ0n) is 11.7. The minimum Gasteiger partial charge on any atom is -0.439 e. The number of piperazine rings is 1. The number of oxazole rings is 1. The van der Waals surface area contributed by atoms with Crippen LogP contribution in [0.25, 0.3) is 11.1 Å². The Morgan fingerprint density at radius 2 is 1.95 bits per heavy atom. The third-order valence-electron chi connectivity index (χ3n) is 3.56. The number of amides is 2. The molecule has 3 rings (SSSR count). The van der Waals surface area contributed by atoms with Gasteiger partial charge in [-0.15, -0.1) is 0 Å². The molecule has 110 valence electrons. The molecule has 2 N–H and O–H groups in total. The van der Waals surface area contributed by atoms with Crippen LogP contribution in [-0.2, 0) is 16.1 Å². The zero-order valence-corrected chi connectivity index (χ0v) is 11.7. The monoisotopic (exact) mass is 288 g/mol. The van der Waals surface area contributed by atoms with Gasteiger partial charge in [0.05, 0.1) is 6.54 Å². The summed E-state index contributed by atoms with van der Waals surface area (Å²) >= 11 is 0. The summed E-state index contributed by atoms with van der Waals surface area (Å²) in [5, 5.41) is 0. The van der Waals surface area contributed by atoms with E-state index in [1.165, 1.54) is 9.80 Å². The van der Waals surface area contributed by atoms with E-state index in [0.29, 0.717) is 42.3 Å². The van der Waals surface area contributed by atoms with Gasteiger partial charge in [0.25, 0.3) is 0 Å². The quantitative estimate of drug-likeness (QED) is 0.659. The van der Waals surface area contributed by atoms with E-state index in [0.717, 1.165) is 0 Å². The molecule has 2 aromatic rings. The molecule has 0 radical (unpaired) electrons. The van der Waals surface area contributed by atoms with Crippen molar-refractivity contribution in [1.82, 2.24) is 14.8 Å². The molecule has 1 fully saturated rings. The van der Waals surface area contributed by atoms with Gasteiger partial charge in [-0.05, 0) is 19.1 Å². The van der Waals surface area contributed by atoms with Gasteiger partial charge >= 0.3 is 11.8 Å². The summed E-state index contributed by atoms with van der Waals surface area (Å²) in [5.41, 5.74) is 7.54. The average molecular weight is 288 g/mol. The average Bonchev–Trinajstić information content (AvgIpc) is 2.85. The number of aromatic nitrogens is 1. The molecule has 21 heavy (non-hydrogen) atoms. The lowest BCUT2D eigenvalue weighted by Crippen LogP contribution is -2.53. The fraction of sp³-hybridized carbons (Fsp3) is 0.357. The summed E-state index contributed by atoms with van der Waals surface area (Å²) < 4.78 is 5.58. The number of fused-ring (bicyclic) bond motifs is 1. The first-order chi connectivity index (χ1) is 10.1.